The van der Waals surface area contributed by atoms with E-state index in [0.717, 1.165) is 12.0 Å². The summed E-state index contributed by atoms with van der Waals surface area (Å²) in [5.41, 5.74) is 7.54. The van der Waals surface area contributed by atoms with Crippen LogP contribution < -0.4 is 0 Å². The summed E-state index contributed by atoms with van der Waals surface area (Å²) in [7, 11) is -3.58. The molecule has 0 unspecified atom stereocenters. The van der Waals surface area contributed by atoms with Gasteiger partial charge in [0, 0.05) is 18.5 Å². The molecule has 0 aromatic heterocycles. The molecule has 3 aromatic carbocycles. The number of allylic oxidation sites excluding steroid dienone is 1. The van der Waals surface area contributed by atoms with Gasteiger partial charge in [0.15, 0.2) is 0 Å². The van der Waals surface area contributed by atoms with Gasteiger partial charge in [-0.25, -0.2) is 8.42 Å². The van der Waals surface area contributed by atoms with Crippen molar-refractivity contribution >= 4 is 15.6 Å². The van der Waals surface area contributed by atoms with E-state index in [1.54, 1.807) is 16.4 Å². The first-order valence-corrected chi connectivity index (χ1v) is 15.2. The molecule has 1 aliphatic carbocycles. The third-order valence-electron chi connectivity index (χ3n) is 8.42. The highest BCUT2D eigenvalue weighted by molar-refractivity contribution is 7.89. The van der Waals surface area contributed by atoms with Crippen molar-refractivity contribution < 1.29 is 8.42 Å². The van der Waals surface area contributed by atoms with E-state index in [2.05, 4.69) is 96.1 Å². The van der Waals surface area contributed by atoms with Crippen molar-refractivity contribution in [2.45, 2.75) is 82.6 Å². The molecule has 3 nitrogen and oxygen atoms in total. The fourth-order valence-electron chi connectivity index (χ4n) is 6.08. The van der Waals surface area contributed by atoms with E-state index >= 15 is 0 Å². The van der Waals surface area contributed by atoms with Crippen LogP contribution in [0.4, 0.5) is 0 Å². The monoisotopic (exact) mass is 527 g/mol. The molecule has 38 heavy (non-hydrogen) atoms. The van der Waals surface area contributed by atoms with Crippen LogP contribution in [0.15, 0.2) is 83.8 Å². The zero-order valence-corrected chi connectivity index (χ0v) is 24.6. The minimum absolute atomic E-state index is 0.0835. The molecule has 1 aliphatic heterocycles. The van der Waals surface area contributed by atoms with Gasteiger partial charge in [-0.2, -0.15) is 4.31 Å². The minimum atomic E-state index is -3.58. The van der Waals surface area contributed by atoms with Crippen LogP contribution in [-0.2, 0) is 20.9 Å². The van der Waals surface area contributed by atoms with Crippen molar-refractivity contribution in [1.82, 2.24) is 4.31 Å². The van der Waals surface area contributed by atoms with Crippen molar-refractivity contribution in [2.24, 2.45) is 5.92 Å². The second kappa shape index (κ2) is 9.50. The quantitative estimate of drug-likeness (QED) is 0.346. The van der Waals surface area contributed by atoms with Gasteiger partial charge in [-0.1, -0.05) is 114 Å². The Bertz CT molecular complexity index is 1440. The molecule has 0 bridgehead atoms. The maximum atomic E-state index is 13.8. The Morgan fingerprint density at radius 2 is 1.26 bits per heavy atom. The van der Waals surface area contributed by atoms with Crippen LogP contribution in [0.2, 0.25) is 0 Å². The van der Waals surface area contributed by atoms with Gasteiger partial charge in [0.2, 0.25) is 10.0 Å². The van der Waals surface area contributed by atoms with E-state index in [4.69, 9.17) is 0 Å². The van der Waals surface area contributed by atoms with E-state index in [0.29, 0.717) is 11.4 Å². The second-order valence-electron chi connectivity index (χ2n) is 13.2. The summed E-state index contributed by atoms with van der Waals surface area (Å²) in [5, 5.41) is 0. The van der Waals surface area contributed by atoms with Gasteiger partial charge in [0.1, 0.15) is 0 Å². The third kappa shape index (κ3) is 4.89. The Morgan fingerprint density at radius 3 is 1.79 bits per heavy atom. The Kier molecular flexibility index (Phi) is 6.72. The SMILES string of the molecule is Cc1ccc(S(=O)(=O)N2CC[C@@H]3[C@@H](c4ccc(C(C)(C)C)cc4)C(c4ccc(C(C)(C)C)cc4)=C[C@@H]32)cc1. The first-order chi connectivity index (χ1) is 17.8. The predicted octanol–water partition coefficient (Wildman–Crippen LogP) is 7.85. The van der Waals surface area contributed by atoms with Crippen LogP contribution in [0, 0.1) is 12.8 Å². The largest absolute Gasteiger partial charge is 0.243 e. The van der Waals surface area contributed by atoms with E-state index in [1.807, 2.05) is 19.1 Å². The lowest BCUT2D eigenvalue weighted by Gasteiger charge is -2.26. The first-order valence-electron chi connectivity index (χ1n) is 13.8. The van der Waals surface area contributed by atoms with Crippen molar-refractivity contribution in [3.8, 4) is 0 Å². The number of aryl methyl sites for hydroxylation is 1. The molecular weight excluding hydrogens is 486 g/mol. The van der Waals surface area contributed by atoms with Crippen LogP contribution in [0.25, 0.3) is 5.57 Å². The number of fused-ring (bicyclic) bond motifs is 1. The number of nitrogens with zero attached hydrogens (tertiary/aromatic N) is 1. The number of rotatable bonds is 4. The fourth-order valence-corrected chi connectivity index (χ4v) is 7.71. The second-order valence-corrected chi connectivity index (χ2v) is 15.1. The van der Waals surface area contributed by atoms with Crippen molar-refractivity contribution in [2.75, 3.05) is 6.54 Å². The Balaban J connectivity index is 1.57. The molecular formula is C34H41NO2S. The summed E-state index contributed by atoms with van der Waals surface area (Å²) in [5.74, 6) is 0.376. The molecule has 3 aromatic rings. The minimum Gasteiger partial charge on any atom is -0.207 e. The molecule has 0 radical (unpaired) electrons. The molecule has 0 saturated carbocycles. The Labute approximate surface area is 229 Å². The lowest BCUT2D eigenvalue weighted by Crippen LogP contribution is -2.35. The average molecular weight is 528 g/mol. The van der Waals surface area contributed by atoms with E-state index in [9.17, 15) is 8.42 Å². The summed E-state index contributed by atoms with van der Waals surface area (Å²) in [4.78, 5) is 0.381. The van der Waals surface area contributed by atoms with Gasteiger partial charge < -0.3 is 0 Å². The molecule has 0 amide bonds. The molecule has 2 aliphatic rings. The molecule has 1 heterocycles. The highest BCUT2D eigenvalue weighted by Crippen LogP contribution is 2.52. The lowest BCUT2D eigenvalue weighted by molar-refractivity contribution is 0.393. The van der Waals surface area contributed by atoms with Gasteiger partial charge in [-0.15, -0.1) is 0 Å². The van der Waals surface area contributed by atoms with Gasteiger partial charge in [0.05, 0.1) is 4.90 Å². The van der Waals surface area contributed by atoms with Crippen LogP contribution in [0.5, 0.6) is 0 Å². The van der Waals surface area contributed by atoms with E-state index < -0.39 is 10.0 Å². The van der Waals surface area contributed by atoms with Gasteiger partial charge in [-0.3, -0.25) is 0 Å². The van der Waals surface area contributed by atoms with Crippen LogP contribution in [0.1, 0.15) is 81.7 Å². The van der Waals surface area contributed by atoms with E-state index in [1.165, 1.54) is 27.8 Å². The molecule has 5 rings (SSSR count). The zero-order valence-electron chi connectivity index (χ0n) is 23.8. The number of sulfonamides is 1. The summed E-state index contributed by atoms with van der Waals surface area (Å²) in [6.45, 7) is 15.9. The summed E-state index contributed by atoms with van der Waals surface area (Å²) in [6, 6.07) is 25.0. The first kappa shape index (κ1) is 26.9. The third-order valence-corrected chi connectivity index (χ3v) is 10.3. The average Bonchev–Trinajstić information content (AvgIpc) is 3.43. The standard InChI is InChI=1S/C34H41NO2S/c1-23-8-18-28(19-9-23)38(36,37)35-21-20-29-31(35)22-30(24-10-14-26(15-11-24)33(2,3)4)32(29)25-12-16-27(17-13-25)34(5,6)7/h8-19,22,29,31-32H,20-21H2,1-7H3/t29-,31-,32+/m0/s1. The highest BCUT2D eigenvalue weighted by atomic mass is 32.2. The topological polar surface area (TPSA) is 37.4 Å². The van der Waals surface area contributed by atoms with Crippen LogP contribution in [-0.4, -0.2) is 25.3 Å². The van der Waals surface area contributed by atoms with Crippen LogP contribution in [0.3, 0.4) is 0 Å². The molecule has 3 atom stereocenters. The van der Waals surface area contributed by atoms with Gasteiger partial charge in [-0.05, 0) is 70.1 Å². The van der Waals surface area contributed by atoms with Crippen molar-refractivity contribution in [1.29, 1.82) is 0 Å². The summed E-state index contributed by atoms with van der Waals surface area (Å²) in [6.07, 6.45) is 3.10. The van der Waals surface area contributed by atoms with Crippen LogP contribution >= 0.6 is 0 Å². The van der Waals surface area contributed by atoms with E-state index in [-0.39, 0.29) is 28.7 Å². The zero-order chi connectivity index (χ0) is 27.5. The fraction of sp³-hybridized carbons (Fsp3) is 0.412. The number of hydrogen-bond donors (Lipinski definition) is 0. The molecule has 0 N–H and O–H groups in total. The normalized spacial score (nSPS) is 22.4. The maximum Gasteiger partial charge on any atom is 0.243 e. The number of benzene rings is 3. The van der Waals surface area contributed by atoms with Gasteiger partial charge in [0.25, 0.3) is 0 Å². The highest BCUT2D eigenvalue weighted by Gasteiger charge is 2.49. The van der Waals surface area contributed by atoms with Crippen molar-refractivity contribution in [3.05, 3.63) is 107 Å². The maximum absolute atomic E-state index is 13.8. The van der Waals surface area contributed by atoms with Crippen molar-refractivity contribution in [3.63, 3.8) is 0 Å². The molecule has 0 spiro atoms. The predicted molar refractivity (Wildman–Crippen MR) is 158 cm³/mol. The Morgan fingerprint density at radius 1 is 0.737 bits per heavy atom. The lowest BCUT2D eigenvalue weighted by atomic mass is 9.78. The number of hydrogen-bond acceptors (Lipinski definition) is 2. The Hall–Kier alpha value is -2.69. The summed E-state index contributed by atoms with van der Waals surface area (Å²) >= 11 is 0. The molecule has 4 heteroatoms. The molecule has 1 saturated heterocycles. The smallest absolute Gasteiger partial charge is 0.207 e. The molecule has 1 fully saturated rings. The molecule has 200 valence electrons. The van der Waals surface area contributed by atoms with Gasteiger partial charge >= 0.3 is 0 Å². The summed E-state index contributed by atoms with van der Waals surface area (Å²) < 4.78 is 29.3.